The predicted molar refractivity (Wildman–Crippen MR) is 77.4 cm³/mol. The Morgan fingerprint density at radius 2 is 2.26 bits per heavy atom. The highest BCUT2D eigenvalue weighted by Crippen LogP contribution is 2.22. The number of carbonyl (C=O) groups excluding carboxylic acids is 1. The Morgan fingerprint density at radius 1 is 1.58 bits per heavy atom. The van der Waals surface area contributed by atoms with E-state index in [9.17, 15) is 14.9 Å². The number of aryl methyl sites for hydroxylation is 1. The third kappa shape index (κ3) is 4.53. The maximum absolute atomic E-state index is 11.8. The van der Waals surface area contributed by atoms with Crippen LogP contribution in [0.15, 0.2) is 18.2 Å². The molecule has 0 aliphatic heterocycles. The van der Waals surface area contributed by atoms with Crippen LogP contribution in [-0.2, 0) is 4.79 Å². The van der Waals surface area contributed by atoms with E-state index in [2.05, 4.69) is 5.32 Å². The van der Waals surface area contributed by atoms with Crippen molar-refractivity contribution in [1.82, 2.24) is 0 Å². The molecule has 1 aromatic carbocycles. The molecule has 0 radical (unpaired) electrons. The van der Waals surface area contributed by atoms with Crippen LogP contribution in [0.1, 0.15) is 12.0 Å². The van der Waals surface area contributed by atoms with Gasteiger partial charge in [0.2, 0.25) is 5.91 Å². The first-order valence-electron chi connectivity index (χ1n) is 5.76. The lowest BCUT2D eigenvalue weighted by atomic mass is 10.1. The minimum Gasteiger partial charge on any atom is -0.324 e. The molecule has 1 amide bonds. The van der Waals surface area contributed by atoms with E-state index in [1.807, 2.05) is 6.26 Å². The van der Waals surface area contributed by atoms with Gasteiger partial charge in [0.15, 0.2) is 0 Å². The summed E-state index contributed by atoms with van der Waals surface area (Å²) in [6, 6.07) is 3.96. The molecule has 0 fully saturated rings. The highest BCUT2D eigenvalue weighted by atomic mass is 32.2. The second kappa shape index (κ2) is 7.10. The molecule has 0 aliphatic carbocycles. The van der Waals surface area contributed by atoms with Crippen LogP contribution in [0.3, 0.4) is 0 Å². The Hall–Kier alpha value is -1.60. The number of nitro groups is 1. The van der Waals surface area contributed by atoms with Gasteiger partial charge in [0.1, 0.15) is 0 Å². The third-order valence-corrected chi connectivity index (χ3v) is 3.29. The summed E-state index contributed by atoms with van der Waals surface area (Å²) >= 11 is 1.61. The summed E-state index contributed by atoms with van der Waals surface area (Å²) < 4.78 is 0. The van der Waals surface area contributed by atoms with Gasteiger partial charge in [-0.25, -0.2) is 0 Å². The molecule has 0 aliphatic rings. The van der Waals surface area contributed by atoms with E-state index in [-0.39, 0.29) is 11.6 Å². The zero-order chi connectivity index (χ0) is 14.4. The fraction of sp³-hybridized carbons (Fsp3) is 0.417. The number of carbonyl (C=O) groups is 1. The van der Waals surface area contributed by atoms with E-state index in [1.54, 1.807) is 30.8 Å². The van der Waals surface area contributed by atoms with Crippen LogP contribution >= 0.6 is 11.8 Å². The number of nitrogens with zero attached hydrogens (tertiary/aromatic N) is 1. The highest BCUT2D eigenvalue weighted by Gasteiger charge is 2.16. The molecular formula is C12H17N3O3S. The molecule has 7 heteroatoms. The summed E-state index contributed by atoms with van der Waals surface area (Å²) in [5.74, 6) is 0.468. The second-order valence-electron chi connectivity index (χ2n) is 4.14. The van der Waals surface area contributed by atoms with Gasteiger partial charge in [0.25, 0.3) is 5.69 Å². The van der Waals surface area contributed by atoms with Crippen molar-refractivity contribution in [1.29, 1.82) is 0 Å². The number of amides is 1. The van der Waals surface area contributed by atoms with Crippen LogP contribution in [0.4, 0.5) is 11.4 Å². The largest absolute Gasteiger partial charge is 0.324 e. The van der Waals surface area contributed by atoms with E-state index < -0.39 is 11.0 Å². The fourth-order valence-electron chi connectivity index (χ4n) is 1.49. The lowest BCUT2D eigenvalue weighted by Crippen LogP contribution is -2.36. The summed E-state index contributed by atoms with van der Waals surface area (Å²) in [6.07, 6.45) is 2.51. The molecule has 104 valence electrons. The van der Waals surface area contributed by atoms with Crippen LogP contribution in [0.2, 0.25) is 0 Å². The van der Waals surface area contributed by atoms with E-state index >= 15 is 0 Å². The Balaban J connectivity index is 2.74. The monoisotopic (exact) mass is 283 g/mol. The summed E-state index contributed by atoms with van der Waals surface area (Å²) in [7, 11) is 0. The summed E-state index contributed by atoms with van der Waals surface area (Å²) in [4.78, 5) is 22.1. The molecule has 3 N–H and O–H groups in total. The van der Waals surface area contributed by atoms with Crippen LogP contribution in [0, 0.1) is 17.0 Å². The van der Waals surface area contributed by atoms with Gasteiger partial charge >= 0.3 is 0 Å². The van der Waals surface area contributed by atoms with Gasteiger partial charge in [0.05, 0.1) is 11.0 Å². The van der Waals surface area contributed by atoms with Crippen LogP contribution in [0.5, 0.6) is 0 Å². The van der Waals surface area contributed by atoms with Crippen molar-refractivity contribution in [3.05, 3.63) is 33.9 Å². The van der Waals surface area contributed by atoms with Gasteiger partial charge in [-0.1, -0.05) is 6.07 Å². The van der Waals surface area contributed by atoms with Crippen LogP contribution in [-0.4, -0.2) is 28.9 Å². The average Bonchev–Trinajstić information content (AvgIpc) is 2.37. The molecule has 0 heterocycles. The van der Waals surface area contributed by atoms with Crippen molar-refractivity contribution in [2.24, 2.45) is 5.73 Å². The number of nitrogens with two attached hydrogens (primary N) is 1. The lowest BCUT2D eigenvalue weighted by Gasteiger charge is -2.11. The summed E-state index contributed by atoms with van der Waals surface area (Å²) in [6.45, 7) is 1.65. The minimum atomic E-state index is -0.604. The number of hydrogen-bond acceptors (Lipinski definition) is 5. The van der Waals surface area contributed by atoms with Gasteiger partial charge in [-0.2, -0.15) is 11.8 Å². The van der Waals surface area contributed by atoms with Gasteiger partial charge in [-0.05, 0) is 31.4 Å². The van der Waals surface area contributed by atoms with E-state index in [0.717, 1.165) is 5.75 Å². The average molecular weight is 283 g/mol. The minimum absolute atomic E-state index is 0.0181. The Morgan fingerprint density at radius 3 is 2.84 bits per heavy atom. The molecule has 0 aromatic heterocycles. The van der Waals surface area contributed by atoms with Crippen molar-refractivity contribution in [2.75, 3.05) is 17.3 Å². The molecule has 0 bridgehead atoms. The standard InChI is InChI=1S/C12H17N3O3S/c1-8-3-4-9(7-11(8)15(17)18)14-12(16)10(13)5-6-19-2/h3-4,7,10H,5-6,13H2,1-2H3,(H,14,16)/t10-/m1/s1. The molecule has 0 saturated heterocycles. The SMILES string of the molecule is CSCC[C@@H](N)C(=O)Nc1ccc(C)c([N+](=O)[O-])c1. The van der Waals surface area contributed by atoms with Crippen molar-refractivity contribution in [3.8, 4) is 0 Å². The molecule has 0 saturated carbocycles. The number of hydrogen-bond donors (Lipinski definition) is 2. The van der Waals surface area contributed by atoms with E-state index in [0.29, 0.717) is 17.7 Å². The van der Waals surface area contributed by atoms with Crippen molar-refractivity contribution in [2.45, 2.75) is 19.4 Å². The molecule has 0 spiro atoms. The van der Waals surface area contributed by atoms with Crippen molar-refractivity contribution in [3.63, 3.8) is 0 Å². The molecule has 1 aromatic rings. The Bertz CT molecular complexity index is 479. The van der Waals surface area contributed by atoms with Gasteiger partial charge in [-0.15, -0.1) is 0 Å². The number of rotatable bonds is 6. The number of nitrogens with one attached hydrogen (secondary N) is 1. The smallest absolute Gasteiger partial charge is 0.274 e. The normalized spacial score (nSPS) is 11.9. The van der Waals surface area contributed by atoms with Crippen molar-refractivity contribution < 1.29 is 9.72 Å². The van der Waals surface area contributed by atoms with E-state index in [1.165, 1.54) is 6.07 Å². The molecule has 1 rings (SSSR count). The molecular weight excluding hydrogens is 266 g/mol. The molecule has 1 atom stereocenters. The van der Waals surface area contributed by atoms with Gasteiger partial charge in [0, 0.05) is 17.3 Å². The third-order valence-electron chi connectivity index (χ3n) is 2.64. The molecule has 6 nitrogen and oxygen atoms in total. The number of nitro benzene ring substituents is 1. The summed E-state index contributed by atoms with van der Waals surface area (Å²) in [5, 5.41) is 13.4. The zero-order valence-corrected chi connectivity index (χ0v) is 11.7. The Kier molecular flexibility index (Phi) is 5.78. The van der Waals surface area contributed by atoms with Gasteiger partial charge < -0.3 is 11.1 Å². The van der Waals surface area contributed by atoms with Gasteiger partial charge in [-0.3, -0.25) is 14.9 Å². The van der Waals surface area contributed by atoms with Crippen LogP contribution in [0.25, 0.3) is 0 Å². The predicted octanol–water partition coefficient (Wildman–Crippen LogP) is 1.92. The first-order valence-corrected chi connectivity index (χ1v) is 7.15. The number of benzene rings is 1. The highest BCUT2D eigenvalue weighted by molar-refractivity contribution is 7.98. The van der Waals surface area contributed by atoms with Crippen LogP contribution < -0.4 is 11.1 Å². The molecule has 0 unspecified atom stereocenters. The number of anilines is 1. The van der Waals surface area contributed by atoms with Crippen molar-refractivity contribution >= 4 is 29.0 Å². The molecule has 19 heavy (non-hydrogen) atoms. The van der Waals surface area contributed by atoms with E-state index in [4.69, 9.17) is 5.73 Å². The maximum Gasteiger partial charge on any atom is 0.274 e. The second-order valence-corrected chi connectivity index (χ2v) is 5.12. The first kappa shape index (κ1) is 15.5. The maximum atomic E-state index is 11.8. The lowest BCUT2D eigenvalue weighted by molar-refractivity contribution is -0.385. The Labute approximate surface area is 115 Å². The quantitative estimate of drug-likeness (QED) is 0.614. The topological polar surface area (TPSA) is 98.3 Å². The fourth-order valence-corrected chi connectivity index (χ4v) is 1.98. The first-order chi connectivity index (χ1) is 8.95. The zero-order valence-electron chi connectivity index (χ0n) is 10.9. The summed E-state index contributed by atoms with van der Waals surface area (Å²) in [5.41, 5.74) is 6.64. The number of thioether (sulfide) groups is 1.